The fourth-order valence-corrected chi connectivity index (χ4v) is 8.35. The Bertz CT molecular complexity index is 965. The number of hydrogen-bond donors (Lipinski definition) is 2. The Labute approximate surface area is 193 Å². The van der Waals surface area contributed by atoms with Gasteiger partial charge in [0.15, 0.2) is 0 Å². The summed E-state index contributed by atoms with van der Waals surface area (Å²) in [7, 11) is 0. The highest BCUT2D eigenvalue weighted by atomic mass is 16.5. The highest BCUT2D eigenvalue weighted by Crippen LogP contribution is 2.68. The summed E-state index contributed by atoms with van der Waals surface area (Å²) in [6.07, 6.45) is 9.08. The van der Waals surface area contributed by atoms with E-state index in [0.717, 1.165) is 63.4 Å². The first kappa shape index (κ1) is 22.6. The lowest BCUT2D eigenvalue weighted by Gasteiger charge is -2.60. The van der Waals surface area contributed by atoms with E-state index in [-0.39, 0.29) is 29.0 Å². The van der Waals surface area contributed by atoms with Crippen molar-refractivity contribution in [1.82, 2.24) is 0 Å². The van der Waals surface area contributed by atoms with Gasteiger partial charge in [0.2, 0.25) is 0 Å². The summed E-state index contributed by atoms with van der Waals surface area (Å²) in [5, 5.41) is 21.0. The van der Waals surface area contributed by atoms with Gasteiger partial charge in [-0.3, -0.25) is 9.59 Å². The number of aliphatic hydroxyl groups is 1. The molecule has 0 amide bonds. The summed E-state index contributed by atoms with van der Waals surface area (Å²) >= 11 is 0. The second-order valence-electron chi connectivity index (χ2n) is 11.1. The van der Waals surface area contributed by atoms with Gasteiger partial charge in [-0.1, -0.05) is 6.92 Å². The minimum absolute atomic E-state index is 0.185. The van der Waals surface area contributed by atoms with Crippen LogP contribution < -0.4 is 5.63 Å². The maximum atomic E-state index is 12.2. The number of hydrogen-bond acceptors (Lipinski definition) is 6. The van der Waals surface area contributed by atoms with Crippen LogP contribution in [0.4, 0.5) is 0 Å². The van der Waals surface area contributed by atoms with E-state index in [0.29, 0.717) is 17.8 Å². The maximum Gasteiger partial charge on any atom is 0.335 e. The van der Waals surface area contributed by atoms with E-state index >= 15 is 0 Å². The minimum atomic E-state index is -1.15. The molecule has 7 heteroatoms. The van der Waals surface area contributed by atoms with Gasteiger partial charge in [0, 0.05) is 11.5 Å². The number of carbonyl (C=O) groups is 2. The highest BCUT2D eigenvalue weighted by Gasteiger charge is 2.65. The molecule has 180 valence electrons. The summed E-state index contributed by atoms with van der Waals surface area (Å²) in [5.41, 5.74) is -0.274. The molecule has 5 rings (SSSR count). The zero-order valence-electron chi connectivity index (χ0n) is 19.2. The first-order chi connectivity index (χ1) is 15.7. The van der Waals surface area contributed by atoms with Crippen LogP contribution in [-0.4, -0.2) is 33.9 Å². The molecule has 1 aromatic rings. The first-order valence-corrected chi connectivity index (χ1v) is 12.4. The van der Waals surface area contributed by atoms with E-state index in [1.165, 1.54) is 6.07 Å². The predicted molar refractivity (Wildman–Crippen MR) is 118 cm³/mol. The van der Waals surface area contributed by atoms with Crippen LogP contribution in [0.1, 0.15) is 82.6 Å². The molecule has 4 aliphatic rings. The molecular weight excluding hydrogens is 424 g/mol. The quantitative estimate of drug-likeness (QED) is 0.520. The Morgan fingerprint density at radius 1 is 1.09 bits per heavy atom. The number of fused-ring (bicyclic) bond motifs is 5. The summed E-state index contributed by atoms with van der Waals surface area (Å²) in [6.45, 7) is 2.23. The third kappa shape index (κ3) is 3.72. The Morgan fingerprint density at radius 2 is 1.91 bits per heavy atom. The average Bonchev–Trinajstić information content (AvgIpc) is 3.05. The molecule has 4 fully saturated rings. The van der Waals surface area contributed by atoms with E-state index < -0.39 is 24.0 Å². The molecule has 8 atom stereocenters. The molecule has 33 heavy (non-hydrogen) atoms. The molecule has 1 heterocycles. The van der Waals surface area contributed by atoms with E-state index in [9.17, 15) is 19.5 Å². The Morgan fingerprint density at radius 3 is 2.64 bits per heavy atom. The number of aliphatic carboxylic acids is 1. The molecule has 0 aromatic carbocycles. The molecule has 8 unspecified atom stereocenters. The topological polar surface area (TPSA) is 114 Å². The van der Waals surface area contributed by atoms with Crippen LogP contribution in [0.5, 0.6) is 0 Å². The zero-order chi connectivity index (χ0) is 23.4. The maximum absolute atomic E-state index is 12.2. The minimum Gasteiger partial charge on any atom is -0.481 e. The van der Waals surface area contributed by atoms with E-state index in [4.69, 9.17) is 14.3 Å². The molecule has 0 spiro atoms. The zero-order valence-corrected chi connectivity index (χ0v) is 19.2. The van der Waals surface area contributed by atoms with Crippen LogP contribution in [-0.2, 0) is 14.3 Å². The van der Waals surface area contributed by atoms with Gasteiger partial charge in [0.05, 0.1) is 11.9 Å². The highest BCUT2D eigenvalue weighted by molar-refractivity contribution is 5.90. The molecule has 1 aromatic heterocycles. The third-order valence-corrected chi connectivity index (χ3v) is 9.81. The summed E-state index contributed by atoms with van der Waals surface area (Å²) in [4.78, 5) is 34.0. The smallest absolute Gasteiger partial charge is 0.335 e. The fraction of sp³-hybridized carbons (Fsp3) is 0.731. The van der Waals surface area contributed by atoms with Gasteiger partial charge in [0.25, 0.3) is 0 Å². The monoisotopic (exact) mass is 458 g/mol. The summed E-state index contributed by atoms with van der Waals surface area (Å²) in [6, 6.07) is 3.35. The van der Waals surface area contributed by atoms with Gasteiger partial charge >= 0.3 is 17.6 Å². The van der Waals surface area contributed by atoms with Crippen LogP contribution >= 0.6 is 0 Å². The second-order valence-corrected chi connectivity index (χ2v) is 11.1. The van der Waals surface area contributed by atoms with Gasteiger partial charge < -0.3 is 19.4 Å². The van der Waals surface area contributed by atoms with Crippen molar-refractivity contribution in [1.29, 1.82) is 0 Å². The summed E-state index contributed by atoms with van der Waals surface area (Å²) < 4.78 is 10.6. The Kier molecular flexibility index (Phi) is 5.66. The molecule has 0 aliphatic heterocycles. The molecule has 0 saturated heterocycles. The molecule has 2 N–H and O–H groups in total. The van der Waals surface area contributed by atoms with E-state index in [1.807, 2.05) is 6.07 Å². The lowest BCUT2D eigenvalue weighted by molar-refractivity contribution is -0.186. The van der Waals surface area contributed by atoms with E-state index in [2.05, 4.69) is 6.92 Å². The molecule has 0 bridgehead atoms. The van der Waals surface area contributed by atoms with Crippen LogP contribution in [0.3, 0.4) is 0 Å². The number of esters is 1. The van der Waals surface area contributed by atoms with Crippen molar-refractivity contribution in [3.8, 4) is 0 Å². The molecule has 0 radical (unpaired) electrons. The van der Waals surface area contributed by atoms with Gasteiger partial charge in [-0.15, -0.1) is 0 Å². The van der Waals surface area contributed by atoms with E-state index in [1.54, 1.807) is 6.26 Å². The van der Waals surface area contributed by atoms with Crippen molar-refractivity contribution in [3.63, 3.8) is 0 Å². The SMILES string of the molecule is CC12CCC3C4CCC(OC(=O)CC(=O)O)CC4CCC3C1(O)CCC2c1ccc(=O)oc1. The second kappa shape index (κ2) is 8.26. The van der Waals surface area contributed by atoms with Crippen molar-refractivity contribution in [2.75, 3.05) is 0 Å². The molecule has 4 saturated carbocycles. The molecule has 7 nitrogen and oxygen atoms in total. The molecular formula is C26H34O7. The Hall–Kier alpha value is -2.15. The van der Waals surface area contributed by atoms with Gasteiger partial charge in [-0.25, -0.2) is 4.79 Å². The van der Waals surface area contributed by atoms with Crippen molar-refractivity contribution in [3.05, 3.63) is 34.4 Å². The Balaban J connectivity index is 1.30. The van der Waals surface area contributed by atoms with Gasteiger partial charge in [0.1, 0.15) is 12.5 Å². The number of carbonyl (C=O) groups excluding carboxylic acids is 1. The number of ether oxygens (including phenoxy) is 1. The standard InChI is InChI=1S/C26H34O7/c1-25-10-8-19-18-5-4-17(33-24(30)13-22(27)28)12-15(18)2-6-21(19)26(25,31)11-9-20(25)16-3-7-23(29)32-14-16/h3,7,14-15,17-21,31H,2,4-6,8-13H2,1H3,(H,27,28). The van der Waals surface area contributed by atoms with Crippen LogP contribution in [0.25, 0.3) is 0 Å². The first-order valence-electron chi connectivity index (χ1n) is 12.4. The fourth-order valence-electron chi connectivity index (χ4n) is 8.35. The lowest BCUT2D eigenvalue weighted by atomic mass is 9.47. The summed E-state index contributed by atoms with van der Waals surface area (Å²) in [5.74, 6) is 0.136. The lowest BCUT2D eigenvalue weighted by Crippen LogP contribution is -2.59. The van der Waals surface area contributed by atoms with Crippen LogP contribution in [0.15, 0.2) is 27.6 Å². The average molecular weight is 459 g/mol. The third-order valence-electron chi connectivity index (χ3n) is 9.81. The van der Waals surface area contributed by atoms with Crippen molar-refractivity contribution < 1.29 is 29.0 Å². The van der Waals surface area contributed by atoms with Gasteiger partial charge in [-0.2, -0.15) is 0 Å². The number of rotatable bonds is 4. The van der Waals surface area contributed by atoms with Crippen molar-refractivity contribution in [2.45, 2.75) is 88.8 Å². The van der Waals surface area contributed by atoms with Crippen LogP contribution in [0, 0.1) is 29.1 Å². The number of carboxylic acid groups (broad SMARTS) is 1. The van der Waals surface area contributed by atoms with Crippen molar-refractivity contribution in [2.24, 2.45) is 29.1 Å². The van der Waals surface area contributed by atoms with Crippen LogP contribution in [0.2, 0.25) is 0 Å². The predicted octanol–water partition coefficient (Wildman–Crippen LogP) is 3.88. The number of carboxylic acids is 1. The van der Waals surface area contributed by atoms with Crippen molar-refractivity contribution >= 4 is 11.9 Å². The molecule has 4 aliphatic carbocycles. The largest absolute Gasteiger partial charge is 0.481 e. The normalized spacial score (nSPS) is 42.0. The van der Waals surface area contributed by atoms with Gasteiger partial charge in [-0.05, 0) is 99.0 Å².